The van der Waals surface area contributed by atoms with Crippen molar-refractivity contribution in [1.29, 1.82) is 0 Å². The van der Waals surface area contributed by atoms with Gasteiger partial charge in [0.25, 0.3) is 11.6 Å². The zero-order chi connectivity index (χ0) is 19.6. The fraction of sp³-hybridized carbons (Fsp3) is 0.647. The Morgan fingerprint density at radius 3 is 2.85 bits per heavy atom. The second kappa shape index (κ2) is 7.69. The molecule has 2 aromatic heterocycles. The van der Waals surface area contributed by atoms with Gasteiger partial charge >= 0.3 is 6.18 Å². The number of anilines is 1. The van der Waals surface area contributed by atoms with Gasteiger partial charge < -0.3 is 10.2 Å². The highest BCUT2D eigenvalue weighted by Gasteiger charge is 2.37. The van der Waals surface area contributed by atoms with E-state index in [1.165, 1.54) is 0 Å². The van der Waals surface area contributed by atoms with Gasteiger partial charge in [0.05, 0.1) is 5.92 Å². The summed E-state index contributed by atoms with van der Waals surface area (Å²) in [4.78, 5) is 21.8. The number of amides is 1. The third-order valence-electron chi connectivity index (χ3n) is 4.62. The van der Waals surface area contributed by atoms with Crippen molar-refractivity contribution in [2.75, 3.05) is 24.5 Å². The van der Waals surface area contributed by atoms with Crippen molar-refractivity contribution in [2.24, 2.45) is 5.92 Å². The third kappa shape index (κ3) is 4.30. The Labute approximate surface area is 155 Å². The minimum absolute atomic E-state index is 0.00950. The van der Waals surface area contributed by atoms with Crippen molar-refractivity contribution in [3.8, 4) is 0 Å². The standard InChI is InChI=1S/C17H23F3N6O/c1-3-4-7-21-14(27)12-6-5-8-25(10-12)13-9-11(2)22-16-23-15(17(18,19)20)24-26(13)16/h9,12H,3-8,10H2,1-2H3,(H,21,27). The number of fused-ring (bicyclic) bond motifs is 1. The first kappa shape index (κ1) is 19.4. The van der Waals surface area contributed by atoms with Gasteiger partial charge in [0.15, 0.2) is 0 Å². The van der Waals surface area contributed by atoms with Crippen molar-refractivity contribution in [3.05, 3.63) is 17.6 Å². The summed E-state index contributed by atoms with van der Waals surface area (Å²) in [5.74, 6) is -1.04. The number of halogens is 3. The van der Waals surface area contributed by atoms with Gasteiger partial charge in [-0.1, -0.05) is 13.3 Å². The summed E-state index contributed by atoms with van der Waals surface area (Å²) in [6.45, 7) is 5.46. The molecule has 27 heavy (non-hydrogen) atoms. The van der Waals surface area contributed by atoms with Crippen LogP contribution in [0.15, 0.2) is 6.07 Å². The zero-order valence-electron chi connectivity index (χ0n) is 15.4. The number of alkyl halides is 3. The van der Waals surface area contributed by atoms with Crippen molar-refractivity contribution in [3.63, 3.8) is 0 Å². The molecule has 1 amide bonds. The van der Waals surface area contributed by atoms with Gasteiger partial charge in [0.1, 0.15) is 5.82 Å². The number of hydrogen-bond donors (Lipinski definition) is 1. The largest absolute Gasteiger partial charge is 0.453 e. The first-order valence-corrected chi connectivity index (χ1v) is 9.14. The minimum atomic E-state index is -4.64. The molecule has 2 aromatic rings. The number of aromatic nitrogens is 4. The Bertz CT molecular complexity index is 819. The fourth-order valence-corrected chi connectivity index (χ4v) is 3.25. The van der Waals surface area contributed by atoms with Crippen LogP contribution in [0.3, 0.4) is 0 Å². The molecule has 0 radical (unpaired) electrons. The zero-order valence-corrected chi connectivity index (χ0v) is 15.4. The Morgan fingerprint density at radius 2 is 2.15 bits per heavy atom. The summed E-state index contributed by atoms with van der Waals surface area (Å²) in [5, 5.41) is 6.54. The molecule has 7 nitrogen and oxygen atoms in total. The molecule has 1 fully saturated rings. The number of aryl methyl sites for hydroxylation is 1. The maximum atomic E-state index is 13.0. The Balaban J connectivity index is 1.85. The molecule has 10 heteroatoms. The van der Waals surface area contributed by atoms with E-state index in [0.29, 0.717) is 31.1 Å². The van der Waals surface area contributed by atoms with Crippen LogP contribution in [0.1, 0.15) is 44.1 Å². The van der Waals surface area contributed by atoms with Gasteiger partial charge in [-0.25, -0.2) is 4.98 Å². The second-order valence-electron chi connectivity index (χ2n) is 6.83. The molecule has 0 bridgehead atoms. The maximum Gasteiger partial charge on any atom is 0.453 e. The second-order valence-corrected chi connectivity index (χ2v) is 6.83. The number of piperidine rings is 1. The number of nitrogens with zero attached hydrogens (tertiary/aromatic N) is 5. The molecule has 1 saturated heterocycles. The van der Waals surface area contributed by atoms with E-state index in [9.17, 15) is 18.0 Å². The molecule has 148 valence electrons. The highest BCUT2D eigenvalue weighted by molar-refractivity contribution is 5.79. The summed E-state index contributed by atoms with van der Waals surface area (Å²) < 4.78 is 40.1. The first-order valence-electron chi connectivity index (χ1n) is 9.14. The monoisotopic (exact) mass is 384 g/mol. The highest BCUT2D eigenvalue weighted by atomic mass is 19.4. The predicted molar refractivity (Wildman–Crippen MR) is 93.4 cm³/mol. The molecule has 0 aliphatic carbocycles. The van der Waals surface area contributed by atoms with Gasteiger partial charge in [-0.2, -0.15) is 22.7 Å². The van der Waals surface area contributed by atoms with Crippen LogP contribution in [0.4, 0.5) is 19.0 Å². The Kier molecular flexibility index (Phi) is 5.52. The average molecular weight is 384 g/mol. The summed E-state index contributed by atoms with van der Waals surface area (Å²) >= 11 is 0. The number of nitrogens with one attached hydrogen (secondary N) is 1. The molecule has 0 saturated carbocycles. The van der Waals surface area contributed by atoms with Crippen molar-refractivity contribution in [1.82, 2.24) is 24.9 Å². The van der Waals surface area contributed by atoms with Crippen LogP contribution < -0.4 is 10.2 Å². The molecule has 1 aliphatic rings. The Morgan fingerprint density at radius 1 is 1.37 bits per heavy atom. The topological polar surface area (TPSA) is 75.4 Å². The van der Waals surface area contributed by atoms with E-state index in [2.05, 4.69) is 27.3 Å². The van der Waals surface area contributed by atoms with Crippen LogP contribution >= 0.6 is 0 Å². The molecular formula is C17H23F3N6O. The smallest absolute Gasteiger partial charge is 0.356 e. The van der Waals surface area contributed by atoms with Crippen LogP contribution in [-0.4, -0.2) is 45.1 Å². The van der Waals surface area contributed by atoms with Gasteiger partial charge in [-0.3, -0.25) is 4.79 Å². The van der Waals surface area contributed by atoms with E-state index in [-0.39, 0.29) is 17.6 Å². The van der Waals surface area contributed by atoms with Crippen LogP contribution in [0.2, 0.25) is 0 Å². The molecule has 0 aromatic carbocycles. The lowest BCUT2D eigenvalue weighted by Gasteiger charge is -2.33. The van der Waals surface area contributed by atoms with Crippen molar-refractivity contribution in [2.45, 2.75) is 45.7 Å². The molecule has 3 rings (SSSR count). The maximum absolute atomic E-state index is 13.0. The summed E-state index contributed by atoms with van der Waals surface area (Å²) in [6, 6.07) is 1.68. The summed E-state index contributed by atoms with van der Waals surface area (Å²) in [7, 11) is 0. The normalized spacial score (nSPS) is 18.1. The van der Waals surface area contributed by atoms with E-state index in [1.807, 2.05) is 4.90 Å². The van der Waals surface area contributed by atoms with Gasteiger partial charge in [0, 0.05) is 31.4 Å². The van der Waals surface area contributed by atoms with Crippen LogP contribution in [-0.2, 0) is 11.0 Å². The lowest BCUT2D eigenvalue weighted by atomic mass is 9.97. The average Bonchev–Trinajstić information content (AvgIpc) is 3.05. The number of carbonyl (C=O) groups is 1. The molecule has 0 spiro atoms. The summed E-state index contributed by atoms with van der Waals surface area (Å²) in [6.07, 6.45) is -1.18. The quantitative estimate of drug-likeness (QED) is 0.802. The van der Waals surface area contributed by atoms with E-state index in [1.54, 1.807) is 13.0 Å². The molecular weight excluding hydrogens is 361 g/mol. The van der Waals surface area contributed by atoms with Crippen LogP contribution in [0.5, 0.6) is 0 Å². The number of unbranched alkanes of at least 4 members (excludes halogenated alkanes) is 1. The lowest BCUT2D eigenvalue weighted by Crippen LogP contribution is -2.44. The minimum Gasteiger partial charge on any atom is -0.356 e. The number of rotatable bonds is 5. The molecule has 1 aliphatic heterocycles. The highest BCUT2D eigenvalue weighted by Crippen LogP contribution is 2.29. The summed E-state index contributed by atoms with van der Waals surface area (Å²) in [5.41, 5.74) is 0.549. The van der Waals surface area contributed by atoms with Crippen LogP contribution in [0, 0.1) is 12.8 Å². The van der Waals surface area contributed by atoms with E-state index < -0.39 is 12.0 Å². The fourth-order valence-electron chi connectivity index (χ4n) is 3.25. The molecule has 1 atom stereocenters. The Hall–Kier alpha value is -2.39. The van der Waals surface area contributed by atoms with Crippen molar-refractivity contribution >= 4 is 17.5 Å². The van der Waals surface area contributed by atoms with Gasteiger partial charge in [-0.05, 0) is 26.2 Å². The van der Waals surface area contributed by atoms with E-state index in [4.69, 9.17) is 0 Å². The number of carbonyl (C=O) groups excluding carboxylic acids is 1. The van der Waals surface area contributed by atoms with Crippen molar-refractivity contribution < 1.29 is 18.0 Å². The number of hydrogen-bond acceptors (Lipinski definition) is 5. The predicted octanol–water partition coefficient (Wildman–Crippen LogP) is 2.58. The first-order chi connectivity index (χ1) is 12.8. The van der Waals surface area contributed by atoms with Gasteiger partial charge in [0.2, 0.25) is 5.91 Å². The van der Waals surface area contributed by atoms with E-state index >= 15 is 0 Å². The molecule has 1 unspecified atom stereocenters. The van der Waals surface area contributed by atoms with E-state index in [0.717, 1.165) is 30.2 Å². The third-order valence-corrected chi connectivity index (χ3v) is 4.62. The molecule has 1 N–H and O–H groups in total. The van der Waals surface area contributed by atoms with Gasteiger partial charge in [-0.15, -0.1) is 5.10 Å². The SMILES string of the molecule is CCCCNC(=O)C1CCCN(c2cc(C)nc3nc(C(F)(F)F)nn23)C1. The van der Waals surface area contributed by atoms with Crippen LogP contribution in [0.25, 0.3) is 5.78 Å². The lowest BCUT2D eigenvalue weighted by molar-refractivity contribution is -0.144. The molecule has 3 heterocycles.